The SMILES string of the molecule is Cc1ccc(-c2cn(CC3CCCC3)cc(C(=O)Nc3ccc(-c4cc(-c5ccc(O[C@@H]6CCN(CC7COC7)C6=O)cc5)cnc4N)c(F)c3)c2=O)nc1. The first-order chi connectivity index (χ1) is 26.7. The van der Waals surface area contributed by atoms with Gasteiger partial charge in [-0.05, 0) is 79.3 Å². The molecule has 2 saturated heterocycles. The number of nitrogens with zero attached hydrogens (tertiary/aromatic N) is 4. The minimum Gasteiger partial charge on any atom is -0.481 e. The van der Waals surface area contributed by atoms with E-state index in [2.05, 4.69) is 15.3 Å². The monoisotopic (exact) mass is 742 g/mol. The number of carbonyl (C=O) groups excluding carboxylic acids is 2. The number of amides is 2. The lowest BCUT2D eigenvalue weighted by Gasteiger charge is -2.30. The van der Waals surface area contributed by atoms with Gasteiger partial charge in [0, 0.05) is 79.1 Å². The molecule has 2 amide bonds. The zero-order valence-electron chi connectivity index (χ0n) is 30.7. The summed E-state index contributed by atoms with van der Waals surface area (Å²) in [6.45, 7) is 5.37. The van der Waals surface area contributed by atoms with Crippen molar-refractivity contribution in [1.29, 1.82) is 0 Å². The maximum absolute atomic E-state index is 15.8. The molecule has 1 aliphatic carbocycles. The first-order valence-corrected chi connectivity index (χ1v) is 18.9. The number of hydrogen-bond acceptors (Lipinski definition) is 8. The lowest BCUT2D eigenvalue weighted by atomic mass is 10.00. The van der Waals surface area contributed by atoms with Crippen LogP contribution in [0.5, 0.6) is 5.75 Å². The van der Waals surface area contributed by atoms with Crippen molar-refractivity contribution >= 4 is 23.3 Å². The Bertz CT molecular complexity index is 2280. The minimum atomic E-state index is -0.639. The van der Waals surface area contributed by atoms with Crippen LogP contribution < -0.4 is 21.2 Å². The maximum atomic E-state index is 15.8. The average Bonchev–Trinajstić information content (AvgIpc) is 3.80. The van der Waals surface area contributed by atoms with Crippen molar-refractivity contribution in [3.05, 3.63) is 113 Å². The molecule has 55 heavy (non-hydrogen) atoms. The van der Waals surface area contributed by atoms with Crippen LogP contribution in [0.3, 0.4) is 0 Å². The van der Waals surface area contributed by atoms with Crippen molar-refractivity contribution in [2.75, 3.05) is 37.4 Å². The number of pyridine rings is 3. The van der Waals surface area contributed by atoms with Crippen LogP contribution in [-0.2, 0) is 16.1 Å². The number of aryl methyl sites for hydroxylation is 1. The number of nitrogen functional groups attached to an aromatic ring is 1. The molecule has 11 nitrogen and oxygen atoms in total. The Balaban J connectivity index is 0.982. The standard InChI is InChI=1S/C43H43FN6O5/c1-26-6-13-38(46-18-26)35-22-49(20-27-4-2-3-5-27)23-36(40(35)51)42(52)48-31-9-12-33(37(44)17-31)34-16-30(19-47-41(34)45)29-7-10-32(11-8-29)55-39-14-15-50(43(39)53)21-28-24-54-25-28/h6-13,16-19,22-23,27-28,39H,2-5,14-15,20-21,24-25H2,1H3,(H2,45,47)(H,48,52)/t39-/m1/s1. The van der Waals surface area contributed by atoms with Gasteiger partial charge in [-0.25, -0.2) is 9.37 Å². The highest BCUT2D eigenvalue weighted by Gasteiger charge is 2.36. The van der Waals surface area contributed by atoms with E-state index in [1.54, 1.807) is 55.1 Å². The fraction of sp³-hybridized carbons (Fsp3) is 0.326. The van der Waals surface area contributed by atoms with Gasteiger partial charge in [0.1, 0.15) is 22.9 Å². The summed E-state index contributed by atoms with van der Waals surface area (Å²) in [4.78, 5) is 50.9. The highest BCUT2D eigenvalue weighted by Crippen LogP contribution is 2.34. The largest absolute Gasteiger partial charge is 0.481 e. The quantitative estimate of drug-likeness (QED) is 0.152. The van der Waals surface area contributed by atoms with Crippen LogP contribution in [0.1, 0.15) is 48.0 Å². The molecule has 3 fully saturated rings. The van der Waals surface area contributed by atoms with Gasteiger partial charge in [0.2, 0.25) is 5.43 Å². The first kappa shape index (κ1) is 36.1. The summed E-state index contributed by atoms with van der Waals surface area (Å²) < 4.78 is 29.0. The van der Waals surface area contributed by atoms with Crippen LogP contribution in [-0.4, -0.2) is 63.7 Å². The summed E-state index contributed by atoms with van der Waals surface area (Å²) in [6, 6.07) is 17.0. The number of aromatic nitrogens is 3. The van der Waals surface area contributed by atoms with E-state index in [0.717, 1.165) is 24.0 Å². The summed E-state index contributed by atoms with van der Waals surface area (Å²) in [6.07, 6.45) is 11.3. The Hall–Kier alpha value is -5.88. The summed E-state index contributed by atoms with van der Waals surface area (Å²) >= 11 is 0. The molecule has 0 radical (unpaired) electrons. The molecule has 2 aromatic carbocycles. The number of nitrogens with two attached hydrogens (primary N) is 1. The second-order valence-corrected chi connectivity index (χ2v) is 14.9. The van der Waals surface area contributed by atoms with E-state index in [1.807, 2.05) is 34.6 Å². The van der Waals surface area contributed by atoms with E-state index < -0.39 is 23.3 Å². The maximum Gasteiger partial charge on any atom is 0.263 e. The lowest BCUT2D eigenvalue weighted by Crippen LogP contribution is -2.42. The van der Waals surface area contributed by atoms with Crippen molar-refractivity contribution in [1.82, 2.24) is 19.4 Å². The normalized spacial score (nSPS) is 17.4. The molecule has 0 bridgehead atoms. The van der Waals surface area contributed by atoms with Crippen LogP contribution in [0.25, 0.3) is 33.5 Å². The zero-order chi connectivity index (χ0) is 38.1. The van der Waals surface area contributed by atoms with Gasteiger partial charge in [-0.3, -0.25) is 19.4 Å². The van der Waals surface area contributed by atoms with Crippen LogP contribution in [0.4, 0.5) is 15.9 Å². The molecule has 8 rings (SSSR count). The molecule has 5 aromatic rings. The molecule has 2 aliphatic heterocycles. The second kappa shape index (κ2) is 15.5. The number of anilines is 2. The molecule has 1 saturated carbocycles. The number of nitrogens with one attached hydrogen (secondary N) is 1. The van der Waals surface area contributed by atoms with Crippen LogP contribution >= 0.6 is 0 Å². The summed E-state index contributed by atoms with van der Waals surface area (Å²) in [5.41, 5.74) is 9.82. The minimum absolute atomic E-state index is 0.00122. The predicted octanol–water partition coefficient (Wildman–Crippen LogP) is 6.74. The van der Waals surface area contributed by atoms with E-state index in [1.165, 1.54) is 25.0 Å². The topological polar surface area (TPSA) is 142 Å². The molecule has 0 spiro atoms. The molecule has 3 aliphatic rings. The Morgan fingerprint density at radius 3 is 2.40 bits per heavy atom. The molecular formula is C43H43FN6O5. The van der Waals surface area contributed by atoms with Crippen LogP contribution in [0.2, 0.25) is 0 Å². The Kier molecular flexibility index (Phi) is 10.2. The fourth-order valence-electron chi connectivity index (χ4n) is 7.65. The highest BCUT2D eigenvalue weighted by atomic mass is 19.1. The van der Waals surface area contributed by atoms with Gasteiger partial charge >= 0.3 is 0 Å². The van der Waals surface area contributed by atoms with Gasteiger partial charge in [0.15, 0.2) is 6.10 Å². The van der Waals surface area contributed by atoms with Crippen LogP contribution in [0.15, 0.2) is 90.2 Å². The number of hydrogen-bond donors (Lipinski definition) is 2. The average molecular weight is 743 g/mol. The predicted molar refractivity (Wildman–Crippen MR) is 208 cm³/mol. The molecule has 3 N–H and O–H groups in total. The lowest BCUT2D eigenvalue weighted by molar-refractivity contribution is -0.136. The van der Waals surface area contributed by atoms with Gasteiger partial charge in [-0.15, -0.1) is 0 Å². The van der Waals surface area contributed by atoms with Crippen molar-refractivity contribution in [3.8, 4) is 39.3 Å². The highest BCUT2D eigenvalue weighted by molar-refractivity contribution is 6.04. The van der Waals surface area contributed by atoms with E-state index in [-0.39, 0.29) is 28.5 Å². The third-order valence-electron chi connectivity index (χ3n) is 10.8. The van der Waals surface area contributed by atoms with Gasteiger partial charge in [0.25, 0.3) is 11.8 Å². The number of benzene rings is 2. The second-order valence-electron chi connectivity index (χ2n) is 14.9. The molecule has 0 unspecified atom stereocenters. The van der Waals surface area contributed by atoms with Crippen molar-refractivity contribution in [3.63, 3.8) is 0 Å². The first-order valence-electron chi connectivity index (χ1n) is 18.9. The Morgan fingerprint density at radius 1 is 0.891 bits per heavy atom. The Morgan fingerprint density at radius 2 is 1.69 bits per heavy atom. The van der Waals surface area contributed by atoms with E-state index in [9.17, 15) is 14.4 Å². The van der Waals surface area contributed by atoms with Crippen LogP contribution in [0, 0.1) is 24.6 Å². The smallest absolute Gasteiger partial charge is 0.263 e. The van der Waals surface area contributed by atoms with Crippen molar-refractivity contribution in [2.45, 2.75) is 51.7 Å². The van der Waals surface area contributed by atoms with Gasteiger partial charge in [-0.2, -0.15) is 0 Å². The number of carbonyl (C=O) groups is 2. The number of ether oxygens (including phenoxy) is 2. The molecule has 3 aromatic heterocycles. The summed E-state index contributed by atoms with van der Waals surface area (Å²) in [5, 5.41) is 2.73. The molecular weight excluding hydrogens is 700 g/mol. The van der Waals surface area contributed by atoms with Crippen molar-refractivity contribution < 1.29 is 23.5 Å². The number of likely N-dealkylation sites (tertiary alicyclic amines) is 1. The van der Waals surface area contributed by atoms with Gasteiger partial charge in [0.05, 0.1) is 24.5 Å². The molecule has 12 heteroatoms. The van der Waals surface area contributed by atoms with E-state index in [4.69, 9.17) is 15.2 Å². The van der Waals surface area contributed by atoms with E-state index in [0.29, 0.717) is 79.2 Å². The third-order valence-corrected chi connectivity index (χ3v) is 10.8. The van der Waals surface area contributed by atoms with Gasteiger partial charge < -0.3 is 30.0 Å². The summed E-state index contributed by atoms with van der Waals surface area (Å²) in [5.74, 6) is 0.320. The fourth-order valence-corrected chi connectivity index (χ4v) is 7.65. The molecule has 1 atom stereocenters. The zero-order valence-corrected chi connectivity index (χ0v) is 30.7. The molecule has 5 heterocycles. The number of rotatable bonds is 11. The summed E-state index contributed by atoms with van der Waals surface area (Å²) in [7, 11) is 0. The third kappa shape index (κ3) is 7.86. The number of halogens is 1. The molecule has 282 valence electrons. The van der Waals surface area contributed by atoms with Gasteiger partial charge in [-0.1, -0.05) is 31.0 Å². The van der Waals surface area contributed by atoms with E-state index >= 15 is 4.39 Å². The Labute approximate surface area is 318 Å². The van der Waals surface area contributed by atoms with Crippen molar-refractivity contribution in [2.24, 2.45) is 11.8 Å².